The van der Waals surface area contributed by atoms with Crippen LogP contribution in [-0.4, -0.2) is 50.7 Å². The van der Waals surface area contributed by atoms with Crippen LogP contribution in [0.4, 0.5) is 13.2 Å². The Labute approximate surface area is 192 Å². The van der Waals surface area contributed by atoms with Crippen molar-refractivity contribution in [3.63, 3.8) is 0 Å². The molecule has 0 aliphatic carbocycles. The van der Waals surface area contributed by atoms with Gasteiger partial charge in [0.2, 0.25) is 0 Å². The van der Waals surface area contributed by atoms with Crippen molar-refractivity contribution < 1.29 is 41.2 Å². The van der Waals surface area contributed by atoms with Crippen LogP contribution >= 0.6 is 7.82 Å². The Kier molecular flexibility index (Phi) is 20.1. The van der Waals surface area contributed by atoms with Gasteiger partial charge < -0.3 is 14.4 Å². The van der Waals surface area contributed by atoms with Crippen molar-refractivity contribution in [2.75, 3.05) is 33.5 Å². The van der Waals surface area contributed by atoms with Crippen LogP contribution in [0.5, 0.6) is 0 Å². The second-order valence-electron chi connectivity index (χ2n) is 8.18. The maximum absolute atomic E-state index is 12.2. The normalized spacial score (nSPS) is 15.1. The predicted octanol–water partition coefficient (Wildman–Crippen LogP) is 7.20. The molecular formula is C22H44F3O6P. The van der Waals surface area contributed by atoms with Crippen molar-refractivity contribution in [3.05, 3.63) is 0 Å². The van der Waals surface area contributed by atoms with E-state index in [0.29, 0.717) is 6.61 Å². The number of ether oxygens (including phenoxy) is 2. The molecule has 0 bridgehead atoms. The van der Waals surface area contributed by atoms with Crippen molar-refractivity contribution in [2.24, 2.45) is 0 Å². The molecule has 0 aliphatic rings. The molecule has 6 nitrogen and oxygen atoms in total. The van der Waals surface area contributed by atoms with Gasteiger partial charge in [0.1, 0.15) is 12.7 Å². The summed E-state index contributed by atoms with van der Waals surface area (Å²) in [7, 11) is -3.37. The van der Waals surface area contributed by atoms with E-state index in [1.54, 1.807) is 0 Å². The van der Waals surface area contributed by atoms with Gasteiger partial charge in [0.15, 0.2) is 0 Å². The van der Waals surface area contributed by atoms with Crippen LogP contribution in [0.2, 0.25) is 0 Å². The van der Waals surface area contributed by atoms with Crippen molar-refractivity contribution in [2.45, 2.75) is 109 Å². The first-order valence-corrected chi connectivity index (χ1v) is 13.5. The van der Waals surface area contributed by atoms with E-state index in [9.17, 15) is 22.6 Å². The number of halogens is 3. The van der Waals surface area contributed by atoms with E-state index in [2.05, 4.69) is 16.2 Å². The lowest BCUT2D eigenvalue weighted by atomic mass is 10.0. The summed E-state index contributed by atoms with van der Waals surface area (Å²) in [6.07, 6.45) is 11.8. The van der Waals surface area contributed by atoms with Crippen LogP contribution < -0.4 is 0 Å². The molecule has 0 aliphatic heterocycles. The van der Waals surface area contributed by atoms with Crippen LogP contribution in [-0.2, 0) is 23.1 Å². The summed E-state index contributed by atoms with van der Waals surface area (Å²) in [5.41, 5.74) is 0. The standard InChI is InChI=1S/C22H44F3O6P/c1-3-4-5-6-7-8-9-10-11-12-13-14-15-16-17-29-18-21(31-32(26,27)28-2)19-30-20-22(23,24)25/h21H,3-20H2,1-2H3,(H,26,27)/t21-/m1/s1. The fourth-order valence-corrected chi connectivity index (χ4v) is 3.84. The number of rotatable bonds is 23. The van der Waals surface area contributed by atoms with Gasteiger partial charge in [-0.25, -0.2) is 4.57 Å². The number of hydrogen-bond donors (Lipinski definition) is 1. The summed E-state index contributed by atoms with van der Waals surface area (Å²) >= 11 is 0. The summed E-state index contributed by atoms with van der Waals surface area (Å²) in [4.78, 5) is 9.37. The smallest absolute Gasteiger partial charge is 0.379 e. The average Bonchev–Trinajstić information content (AvgIpc) is 2.72. The highest BCUT2D eigenvalue weighted by Gasteiger charge is 2.30. The topological polar surface area (TPSA) is 74.2 Å². The lowest BCUT2D eigenvalue weighted by Crippen LogP contribution is -2.28. The van der Waals surface area contributed by atoms with Crippen LogP contribution in [0.1, 0.15) is 96.8 Å². The lowest BCUT2D eigenvalue weighted by Gasteiger charge is -2.20. The van der Waals surface area contributed by atoms with Gasteiger partial charge in [0, 0.05) is 13.7 Å². The van der Waals surface area contributed by atoms with Gasteiger partial charge in [-0.3, -0.25) is 9.05 Å². The minimum absolute atomic E-state index is 0.149. The van der Waals surface area contributed by atoms with Gasteiger partial charge >= 0.3 is 14.0 Å². The Morgan fingerprint density at radius 3 is 1.66 bits per heavy atom. The third-order valence-electron chi connectivity index (χ3n) is 5.03. The first-order chi connectivity index (χ1) is 15.2. The lowest BCUT2D eigenvalue weighted by molar-refractivity contribution is -0.180. The number of hydrogen-bond acceptors (Lipinski definition) is 5. The highest BCUT2D eigenvalue weighted by atomic mass is 31.2. The molecule has 0 aromatic carbocycles. The zero-order chi connectivity index (χ0) is 24.1. The Morgan fingerprint density at radius 2 is 1.22 bits per heavy atom. The molecule has 2 atom stereocenters. The van der Waals surface area contributed by atoms with Crippen molar-refractivity contribution in [1.82, 2.24) is 0 Å². The molecule has 1 N–H and O–H groups in total. The van der Waals surface area contributed by atoms with E-state index in [0.717, 1.165) is 26.4 Å². The Hall–Kier alpha value is -0.180. The van der Waals surface area contributed by atoms with Gasteiger partial charge in [0.05, 0.1) is 13.2 Å². The van der Waals surface area contributed by atoms with Gasteiger partial charge in [0.25, 0.3) is 0 Å². The Balaban J connectivity index is 3.68. The molecule has 0 spiro atoms. The Bertz CT molecular complexity index is 465. The van der Waals surface area contributed by atoms with Crippen LogP contribution in [0.15, 0.2) is 0 Å². The molecular weight excluding hydrogens is 448 g/mol. The second kappa shape index (κ2) is 20.2. The molecule has 0 rings (SSSR count). The van der Waals surface area contributed by atoms with E-state index in [-0.39, 0.29) is 6.61 Å². The molecule has 0 saturated heterocycles. The molecule has 1 unspecified atom stereocenters. The van der Waals surface area contributed by atoms with E-state index in [1.165, 1.54) is 70.6 Å². The number of unbranched alkanes of at least 4 members (excludes halogenated alkanes) is 13. The van der Waals surface area contributed by atoms with Gasteiger partial charge in [-0.2, -0.15) is 13.2 Å². The SMILES string of the molecule is CCCCCCCCCCCCCCCCOC[C@H](COCC(F)(F)F)OP(=O)(O)OC. The maximum atomic E-state index is 12.2. The molecule has 0 heterocycles. The van der Waals surface area contributed by atoms with Crippen LogP contribution in [0, 0.1) is 0 Å². The van der Waals surface area contributed by atoms with Crippen LogP contribution in [0.25, 0.3) is 0 Å². The van der Waals surface area contributed by atoms with E-state index < -0.39 is 33.3 Å². The van der Waals surface area contributed by atoms with Gasteiger partial charge in [-0.15, -0.1) is 0 Å². The fourth-order valence-electron chi connectivity index (χ4n) is 3.26. The summed E-state index contributed by atoms with van der Waals surface area (Å²) in [6, 6.07) is 0. The molecule has 0 amide bonds. The minimum atomic E-state index is -4.48. The molecule has 0 aromatic heterocycles. The summed E-state index contributed by atoms with van der Waals surface area (Å²) in [5, 5.41) is 0. The molecule has 32 heavy (non-hydrogen) atoms. The van der Waals surface area contributed by atoms with E-state index >= 15 is 0 Å². The van der Waals surface area contributed by atoms with Crippen LogP contribution in [0.3, 0.4) is 0 Å². The Morgan fingerprint density at radius 1 is 0.781 bits per heavy atom. The quantitative estimate of drug-likeness (QED) is 0.120. The molecule has 10 heteroatoms. The van der Waals surface area contributed by atoms with Crippen molar-refractivity contribution in [1.29, 1.82) is 0 Å². The molecule has 194 valence electrons. The summed E-state index contributed by atoms with van der Waals surface area (Å²) in [6.45, 7) is 0.505. The highest BCUT2D eigenvalue weighted by Crippen LogP contribution is 2.43. The monoisotopic (exact) mass is 492 g/mol. The first-order valence-electron chi connectivity index (χ1n) is 12.0. The van der Waals surface area contributed by atoms with E-state index in [1.807, 2.05) is 0 Å². The molecule has 0 saturated carbocycles. The number of phosphoric ester groups is 1. The molecule has 0 radical (unpaired) electrons. The third-order valence-corrected chi connectivity index (χ3v) is 6.05. The summed E-state index contributed by atoms with van der Waals surface area (Å²) in [5.74, 6) is 0. The second-order valence-corrected chi connectivity index (χ2v) is 9.69. The maximum Gasteiger partial charge on any atom is 0.472 e. The molecule has 0 fully saturated rings. The zero-order valence-corrected chi connectivity index (χ0v) is 20.8. The largest absolute Gasteiger partial charge is 0.472 e. The highest BCUT2D eigenvalue weighted by molar-refractivity contribution is 7.47. The third kappa shape index (κ3) is 23.0. The fraction of sp³-hybridized carbons (Fsp3) is 1.00. The zero-order valence-electron chi connectivity index (χ0n) is 19.9. The van der Waals surface area contributed by atoms with Gasteiger partial charge in [-0.1, -0.05) is 90.4 Å². The average molecular weight is 493 g/mol. The van der Waals surface area contributed by atoms with E-state index in [4.69, 9.17) is 9.26 Å². The molecule has 0 aromatic rings. The number of phosphoric acid groups is 1. The van der Waals surface area contributed by atoms with Crippen molar-refractivity contribution >= 4 is 7.82 Å². The number of alkyl halides is 3. The summed E-state index contributed by atoms with van der Waals surface area (Å²) < 4.78 is 67.1. The minimum Gasteiger partial charge on any atom is -0.379 e. The first kappa shape index (κ1) is 31.8. The van der Waals surface area contributed by atoms with Crippen molar-refractivity contribution in [3.8, 4) is 0 Å². The predicted molar refractivity (Wildman–Crippen MR) is 120 cm³/mol. The van der Waals surface area contributed by atoms with Gasteiger partial charge in [-0.05, 0) is 6.42 Å².